The van der Waals surface area contributed by atoms with Gasteiger partial charge in [-0.15, -0.1) is 0 Å². The Morgan fingerprint density at radius 3 is 2.52 bits per heavy atom. The lowest BCUT2D eigenvalue weighted by Crippen LogP contribution is -2.37. The molecule has 2 aromatic rings. The maximum absolute atomic E-state index is 4.75. The van der Waals surface area contributed by atoms with Gasteiger partial charge in [0.05, 0.1) is 5.69 Å². The standard InChI is InChI=1S/C25H38N4/c1-19-23(18-28(5)27-19)20-6-8-22(26-17-20)9-7-21-16-25(21)11-14-29(15-12-25)13-10-24(2,3)4/h6,8,17-18,21H,7,9-16H2,1-5H3. The van der Waals surface area contributed by atoms with Crippen LogP contribution in [-0.4, -0.2) is 39.3 Å². The summed E-state index contributed by atoms with van der Waals surface area (Å²) >= 11 is 0. The number of hydrogen-bond donors (Lipinski definition) is 0. The van der Waals surface area contributed by atoms with Crippen molar-refractivity contribution >= 4 is 0 Å². The summed E-state index contributed by atoms with van der Waals surface area (Å²) in [5.74, 6) is 0.925. The largest absolute Gasteiger partial charge is 0.303 e. The van der Waals surface area contributed by atoms with E-state index in [4.69, 9.17) is 4.98 Å². The zero-order chi connectivity index (χ0) is 20.6. The van der Waals surface area contributed by atoms with Crippen molar-refractivity contribution in [2.45, 2.75) is 66.2 Å². The molecule has 2 aliphatic rings. The lowest BCUT2D eigenvalue weighted by Gasteiger charge is -2.34. The fourth-order valence-corrected chi connectivity index (χ4v) is 5.10. The fraction of sp³-hybridized carbons (Fsp3) is 0.680. The molecular weight excluding hydrogens is 356 g/mol. The van der Waals surface area contributed by atoms with Gasteiger partial charge in [-0.1, -0.05) is 26.8 Å². The molecule has 2 fully saturated rings. The molecule has 3 heterocycles. The fourth-order valence-electron chi connectivity index (χ4n) is 5.10. The smallest absolute Gasteiger partial charge is 0.0672 e. The first kappa shape index (κ1) is 20.6. The van der Waals surface area contributed by atoms with Gasteiger partial charge in [-0.3, -0.25) is 9.67 Å². The number of aryl methyl sites for hydroxylation is 3. The highest BCUT2D eigenvalue weighted by atomic mass is 15.2. The van der Waals surface area contributed by atoms with E-state index in [-0.39, 0.29) is 0 Å². The minimum Gasteiger partial charge on any atom is -0.303 e. The van der Waals surface area contributed by atoms with E-state index in [1.807, 2.05) is 17.9 Å². The molecule has 4 rings (SSSR count). The predicted molar refractivity (Wildman–Crippen MR) is 120 cm³/mol. The third-order valence-electron chi connectivity index (χ3n) is 7.29. The zero-order valence-electron chi connectivity index (χ0n) is 19.0. The molecular formula is C25H38N4. The van der Waals surface area contributed by atoms with Gasteiger partial charge in [0.2, 0.25) is 0 Å². The number of nitrogens with zero attached hydrogens (tertiary/aromatic N) is 4. The first-order valence-electron chi connectivity index (χ1n) is 11.4. The summed E-state index contributed by atoms with van der Waals surface area (Å²) in [5.41, 5.74) is 5.78. The Hall–Kier alpha value is -1.68. The van der Waals surface area contributed by atoms with Crippen LogP contribution >= 0.6 is 0 Å². The van der Waals surface area contributed by atoms with Crippen molar-refractivity contribution in [2.24, 2.45) is 23.8 Å². The first-order chi connectivity index (χ1) is 13.7. The number of rotatable bonds is 6. The van der Waals surface area contributed by atoms with Crippen LogP contribution in [0.3, 0.4) is 0 Å². The molecule has 29 heavy (non-hydrogen) atoms. The van der Waals surface area contributed by atoms with E-state index in [0.29, 0.717) is 10.8 Å². The highest BCUT2D eigenvalue weighted by molar-refractivity contribution is 5.64. The Morgan fingerprint density at radius 1 is 1.17 bits per heavy atom. The lowest BCUT2D eigenvalue weighted by atomic mass is 9.88. The Balaban J connectivity index is 1.24. The molecule has 0 bridgehead atoms. The predicted octanol–water partition coefficient (Wildman–Crippen LogP) is 5.26. The molecule has 158 valence electrons. The van der Waals surface area contributed by atoms with Gasteiger partial charge in [-0.05, 0) is 87.9 Å². The molecule has 0 radical (unpaired) electrons. The Labute approximate surface area is 176 Å². The van der Waals surface area contributed by atoms with Gasteiger partial charge in [-0.25, -0.2) is 0 Å². The maximum atomic E-state index is 4.75. The van der Waals surface area contributed by atoms with Crippen molar-refractivity contribution in [1.29, 1.82) is 0 Å². The minimum atomic E-state index is 0.454. The second kappa shape index (κ2) is 7.86. The summed E-state index contributed by atoms with van der Waals surface area (Å²) in [7, 11) is 1.97. The molecule has 1 aliphatic heterocycles. The van der Waals surface area contributed by atoms with Crippen LogP contribution < -0.4 is 0 Å². The average molecular weight is 395 g/mol. The average Bonchev–Trinajstić information content (AvgIpc) is 3.23. The van der Waals surface area contributed by atoms with Crippen molar-refractivity contribution in [3.8, 4) is 11.1 Å². The quantitative estimate of drug-likeness (QED) is 0.670. The molecule has 1 spiro atoms. The molecule has 4 heteroatoms. The summed E-state index contributed by atoms with van der Waals surface area (Å²) in [5, 5.41) is 4.44. The van der Waals surface area contributed by atoms with Crippen LogP contribution in [0.25, 0.3) is 11.1 Å². The van der Waals surface area contributed by atoms with Crippen LogP contribution in [0.4, 0.5) is 0 Å². The first-order valence-corrected chi connectivity index (χ1v) is 11.4. The zero-order valence-corrected chi connectivity index (χ0v) is 19.0. The van der Waals surface area contributed by atoms with Gasteiger partial charge >= 0.3 is 0 Å². The molecule has 1 atom stereocenters. The van der Waals surface area contributed by atoms with E-state index in [1.165, 1.54) is 68.6 Å². The van der Waals surface area contributed by atoms with E-state index in [9.17, 15) is 0 Å². The van der Waals surface area contributed by atoms with E-state index >= 15 is 0 Å². The van der Waals surface area contributed by atoms with Crippen LogP contribution in [-0.2, 0) is 13.5 Å². The molecule has 0 N–H and O–H groups in total. The van der Waals surface area contributed by atoms with Gasteiger partial charge in [0.1, 0.15) is 0 Å². The van der Waals surface area contributed by atoms with Crippen molar-refractivity contribution in [3.05, 3.63) is 35.9 Å². The second-order valence-corrected chi connectivity index (χ2v) is 10.8. The molecule has 1 saturated carbocycles. The molecule has 1 unspecified atom stereocenters. The van der Waals surface area contributed by atoms with Crippen molar-refractivity contribution in [2.75, 3.05) is 19.6 Å². The van der Waals surface area contributed by atoms with E-state index < -0.39 is 0 Å². The number of likely N-dealkylation sites (tertiary alicyclic amines) is 1. The van der Waals surface area contributed by atoms with Crippen molar-refractivity contribution in [1.82, 2.24) is 19.7 Å². The summed E-state index contributed by atoms with van der Waals surface area (Å²) in [6.07, 6.45) is 12.1. The van der Waals surface area contributed by atoms with E-state index in [2.05, 4.69) is 56.0 Å². The van der Waals surface area contributed by atoms with Gasteiger partial charge in [-0.2, -0.15) is 5.10 Å². The number of pyridine rings is 1. The molecule has 4 nitrogen and oxygen atoms in total. The van der Waals surface area contributed by atoms with Gasteiger partial charge in [0, 0.05) is 36.3 Å². The summed E-state index contributed by atoms with van der Waals surface area (Å²) < 4.78 is 1.87. The summed E-state index contributed by atoms with van der Waals surface area (Å²) in [6, 6.07) is 4.43. The summed E-state index contributed by atoms with van der Waals surface area (Å²) in [4.78, 5) is 7.45. The topological polar surface area (TPSA) is 34.0 Å². The minimum absolute atomic E-state index is 0.454. The Bertz CT molecular complexity index is 819. The molecule has 1 saturated heterocycles. The SMILES string of the molecule is Cc1nn(C)cc1-c1ccc(CCC2CC23CCN(CCC(C)(C)C)CC3)nc1. The third-order valence-corrected chi connectivity index (χ3v) is 7.29. The molecule has 2 aromatic heterocycles. The monoisotopic (exact) mass is 394 g/mol. The third kappa shape index (κ3) is 4.91. The number of aromatic nitrogens is 3. The van der Waals surface area contributed by atoms with Gasteiger partial charge in [0.15, 0.2) is 0 Å². The molecule has 0 aromatic carbocycles. The van der Waals surface area contributed by atoms with Gasteiger partial charge < -0.3 is 4.90 Å². The van der Waals surface area contributed by atoms with Crippen LogP contribution in [0.2, 0.25) is 0 Å². The van der Waals surface area contributed by atoms with Crippen LogP contribution in [0.5, 0.6) is 0 Å². The Morgan fingerprint density at radius 2 is 1.93 bits per heavy atom. The van der Waals surface area contributed by atoms with Crippen molar-refractivity contribution in [3.63, 3.8) is 0 Å². The summed E-state index contributed by atoms with van der Waals surface area (Å²) in [6.45, 7) is 13.0. The second-order valence-electron chi connectivity index (χ2n) is 10.8. The van der Waals surface area contributed by atoms with Crippen LogP contribution in [0, 0.1) is 23.7 Å². The lowest BCUT2D eigenvalue weighted by molar-refractivity contribution is 0.145. The van der Waals surface area contributed by atoms with E-state index in [1.54, 1.807) is 0 Å². The van der Waals surface area contributed by atoms with Crippen LogP contribution in [0.15, 0.2) is 24.5 Å². The number of piperidine rings is 1. The molecule has 1 aliphatic carbocycles. The Kier molecular flexibility index (Phi) is 5.58. The van der Waals surface area contributed by atoms with Gasteiger partial charge in [0.25, 0.3) is 0 Å². The normalized spacial score (nSPS) is 21.6. The molecule has 0 amide bonds. The van der Waals surface area contributed by atoms with E-state index in [0.717, 1.165) is 18.0 Å². The highest BCUT2D eigenvalue weighted by Gasteiger charge is 2.53. The van der Waals surface area contributed by atoms with Crippen LogP contribution in [0.1, 0.15) is 64.3 Å². The van der Waals surface area contributed by atoms with Crippen molar-refractivity contribution < 1.29 is 0 Å². The maximum Gasteiger partial charge on any atom is 0.0672 e. The number of hydrogen-bond acceptors (Lipinski definition) is 3. The highest BCUT2D eigenvalue weighted by Crippen LogP contribution is 2.61.